The van der Waals surface area contributed by atoms with E-state index >= 15 is 0 Å². The average molecular weight is 352 g/mol. The van der Waals surface area contributed by atoms with Crippen LogP contribution >= 0.6 is 0 Å². The van der Waals surface area contributed by atoms with Crippen LogP contribution in [-0.2, 0) is 25.9 Å². The highest BCUT2D eigenvalue weighted by molar-refractivity contribution is 5.76. The first-order valence-electron chi connectivity index (χ1n) is 9.62. The quantitative estimate of drug-likeness (QED) is 0.681. The summed E-state index contributed by atoms with van der Waals surface area (Å²) in [7, 11) is 0. The van der Waals surface area contributed by atoms with E-state index in [0.29, 0.717) is 18.8 Å². The van der Waals surface area contributed by atoms with Gasteiger partial charge in [0, 0.05) is 6.54 Å². The molecule has 2 aromatic carbocycles. The molecule has 0 radical (unpaired) electrons. The summed E-state index contributed by atoms with van der Waals surface area (Å²) in [5.74, 6) is 0.431. The van der Waals surface area contributed by atoms with Crippen LogP contribution in [0, 0.1) is 0 Å². The zero-order valence-electron chi connectivity index (χ0n) is 16.0. The van der Waals surface area contributed by atoms with Gasteiger partial charge in [-0.1, -0.05) is 51.0 Å². The maximum absolute atomic E-state index is 12.9. The third-order valence-electron chi connectivity index (χ3n) is 4.95. The number of nitrogens with zero attached hydrogens (tertiary/aromatic N) is 2. The highest BCUT2D eigenvalue weighted by Crippen LogP contribution is 2.28. The van der Waals surface area contributed by atoms with Gasteiger partial charge in [-0.25, -0.2) is 4.79 Å². The maximum atomic E-state index is 12.9. The summed E-state index contributed by atoms with van der Waals surface area (Å²) in [5, 5.41) is 10.5. The molecule has 0 bridgehead atoms. The van der Waals surface area contributed by atoms with Gasteiger partial charge in [0.1, 0.15) is 5.75 Å². The third kappa shape index (κ3) is 3.28. The van der Waals surface area contributed by atoms with Gasteiger partial charge in [0.05, 0.1) is 17.6 Å². The molecule has 0 saturated heterocycles. The molecule has 4 heteroatoms. The molecular weight excluding hydrogens is 324 g/mol. The van der Waals surface area contributed by atoms with Crippen LogP contribution in [0.2, 0.25) is 0 Å². The molecule has 0 aliphatic heterocycles. The lowest BCUT2D eigenvalue weighted by atomic mass is 9.98. The normalized spacial score (nSPS) is 11.3. The number of hydrogen-bond acceptors (Lipinski definition) is 2. The molecule has 3 rings (SSSR count). The summed E-state index contributed by atoms with van der Waals surface area (Å²) in [6.45, 7) is 7.41. The summed E-state index contributed by atoms with van der Waals surface area (Å²) in [6.07, 6.45) is 3.67. The topological polar surface area (TPSA) is 47.2 Å². The fourth-order valence-electron chi connectivity index (χ4n) is 3.76. The number of fused-ring (bicyclic) bond motifs is 1. The van der Waals surface area contributed by atoms with Gasteiger partial charge in [-0.3, -0.25) is 9.13 Å². The number of benzene rings is 2. The van der Waals surface area contributed by atoms with Crippen LogP contribution in [0.4, 0.5) is 0 Å². The van der Waals surface area contributed by atoms with Gasteiger partial charge in [-0.2, -0.15) is 0 Å². The minimum Gasteiger partial charge on any atom is -0.507 e. The van der Waals surface area contributed by atoms with Gasteiger partial charge in [0.25, 0.3) is 0 Å². The SMILES string of the molecule is CCCc1cc(Cn2c(=O)n(CC)c3ccccc32)cc(CCC)c1O. The van der Waals surface area contributed by atoms with Crippen molar-refractivity contribution in [2.45, 2.75) is 59.5 Å². The van der Waals surface area contributed by atoms with Crippen molar-refractivity contribution in [3.63, 3.8) is 0 Å². The minimum absolute atomic E-state index is 0.0239. The summed E-state index contributed by atoms with van der Waals surface area (Å²) in [6, 6.07) is 12.1. The number of imidazole rings is 1. The molecule has 1 heterocycles. The van der Waals surface area contributed by atoms with Crippen molar-refractivity contribution in [1.82, 2.24) is 9.13 Å². The van der Waals surface area contributed by atoms with E-state index in [4.69, 9.17) is 0 Å². The van der Waals surface area contributed by atoms with Crippen LogP contribution in [0.5, 0.6) is 5.75 Å². The van der Waals surface area contributed by atoms with Gasteiger partial charge in [0.15, 0.2) is 0 Å². The lowest BCUT2D eigenvalue weighted by Gasteiger charge is -2.13. The Morgan fingerprint density at radius 1 is 0.885 bits per heavy atom. The van der Waals surface area contributed by atoms with Crippen molar-refractivity contribution in [1.29, 1.82) is 0 Å². The van der Waals surface area contributed by atoms with Crippen molar-refractivity contribution >= 4 is 11.0 Å². The van der Waals surface area contributed by atoms with Gasteiger partial charge >= 0.3 is 5.69 Å². The first-order chi connectivity index (χ1) is 12.6. The van der Waals surface area contributed by atoms with Crippen LogP contribution < -0.4 is 5.69 Å². The summed E-state index contributed by atoms with van der Waals surface area (Å²) < 4.78 is 3.66. The molecule has 0 aliphatic carbocycles. The smallest absolute Gasteiger partial charge is 0.329 e. The second-order valence-electron chi connectivity index (χ2n) is 6.86. The molecule has 0 fully saturated rings. The Morgan fingerprint density at radius 2 is 1.42 bits per heavy atom. The fraction of sp³-hybridized carbons (Fsp3) is 0.409. The molecule has 1 N–H and O–H groups in total. The molecular formula is C22H28N2O2. The number of phenols is 1. The Kier molecular flexibility index (Phi) is 5.50. The van der Waals surface area contributed by atoms with Crippen LogP contribution in [0.15, 0.2) is 41.2 Å². The van der Waals surface area contributed by atoms with Crippen LogP contribution in [0.3, 0.4) is 0 Å². The Balaban J connectivity index is 2.11. The van der Waals surface area contributed by atoms with Crippen molar-refractivity contribution in [2.75, 3.05) is 0 Å². The van der Waals surface area contributed by atoms with Crippen LogP contribution in [-0.4, -0.2) is 14.2 Å². The van der Waals surface area contributed by atoms with Crippen LogP contribution in [0.25, 0.3) is 11.0 Å². The molecule has 138 valence electrons. The Labute approximate surface area is 154 Å². The highest BCUT2D eigenvalue weighted by atomic mass is 16.3. The average Bonchev–Trinajstić information content (AvgIpc) is 2.90. The largest absolute Gasteiger partial charge is 0.507 e. The van der Waals surface area contributed by atoms with Crippen molar-refractivity contribution in [3.8, 4) is 5.75 Å². The summed E-state index contributed by atoms with van der Waals surface area (Å²) >= 11 is 0. The molecule has 0 saturated carbocycles. The number of aromatic nitrogens is 2. The molecule has 0 unspecified atom stereocenters. The summed E-state index contributed by atoms with van der Waals surface area (Å²) in [4.78, 5) is 12.9. The highest BCUT2D eigenvalue weighted by Gasteiger charge is 2.14. The standard InChI is InChI=1S/C22H28N2O2/c1-4-9-17-13-16(14-18(10-5-2)21(17)25)15-24-20-12-8-7-11-19(20)23(6-3)22(24)26/h7-8,11-14,25H,4-6,9-10,15H2,1-3H3. The third-order valence-corrected chi connectivity index (χ3v) is 4.95. The number of hydrogen-bond donors (Lipinski definition) is 1. The van der Waals surface area contributed by atoms with Gasteiger partial charge < -0.3 is 5.11 Å². The molecule has 4 nitrogen and oxygen atoms in total. The molecule has 0 atom stereocenters. The first kappa shape index (κ1) is 18.3. The summed E-state index contributed by atoms with van der Waals surface area (Å²) in [5.41, 5.74) is 5.01. The number of rotatable bonds is 7. The Bertz CT molecular complexity index is 939. The molecule has 26 heavy (non-hydrogen) atoms. The molecule has 0 amide bonds. The molecule has 3 aromatic rings. The van der Waals surface area contributed by atoms with Gasteiger partial charge in [-0.05, 0) is 48.6 Å². The van der Waals surface area contributed by atoms with Gasteiger partial charge in [-0.15, -0.1) is 0 Å². The lowest BCUT2D eigenvalue weighted by Crippen LogP contribution is -2.24. The Morgan fingerprint density at radius 3 is 1.92 bits per heavy atom. The van der Waals surface area contributed by atoms with Crippen molar-refractivity contribution in [2.24, 2.45) is 0 Å². The van der Waals surface area contributed by atoms with E-state index in [0.717, 1.165) is 53.4 Å². The monoisotopic (exact) mass is 352 g/mol. The number of phenolic OH excluding ortho intramolecular Hbond substituents is 1. The van der Waals surface area contributed by atoms with E-state index in [1.807, 2.05) is 40.3 Å². The van der Waals surface area contributed by atoms with E-state index in [1.54, 1.807) is 0 Å². The van der Waals surface area contributed by atoms with E-state index in [1.165, 1.54) is 0 Å². The molecule has 1 aromatic heterocycles. The zero-order chi connectivity index (χ0) is 18.7. The van der Waals surface area contributed by atoms with Crippen molar-refractivity contribution in [3.05, 3.63) is 63.6 Å². The zero-order valence-corrected chi connectivity index (χ0v) is 16.0. The Hall–Kier alpha value is -2.49. The molecule has 0 spiro atoms. The van der Waals surface area contributed by atoms with E-state index in [2.05, 4.69) is 26.0 Å². The predicted molar refractivity (Wildman–Crippen MR) is 107 cm³/mol. The van der Waals surface area contributed by atoms with E-state index in [9.17, 15) is 9.90 Å². The second kappa shape index (κ2) is 7.81. The van der Waals surface area contributed by atoms with Crippen LogP contribution in [0.1, 0.15) is 50.3 Å². The second-order valence-corrected chi connectivity index (χ2v) is 6.86. The van der Waals surface area contributed by atoms with Gasteiger partial charge in [0.2, 0.25) is 0 Å². The number of aromatic hydroxyl groups is 1. The number of para-hydroxylation sites is 2. The fourth-order valence-corrected chi connectivity index (χ4v) is 3.76. The van der Waals surface area contributed by atoms with Crippen molar-refractivity contribution < 1.29 is 5.11 Å². The van der Waals surface area contributed by atoms with E-state index < -0.39 is 0 Å². The lowest BCUT2D eigenvalue weighted by molar-refractivity contribution is 0.459. The maximum Gasteiger partial charge on any atom is 0.329 e. The number of aryl methyl sites for hydroxylation is 3. The minimum atomic E-state index is 0.0239. The van der Waals surface area contributed by atoms with E-state index in [-0.39, 0.29) is 5.69 Å². The molecule has 0 aliphatic rings. The predicted octanol–water partition coefficient (Wildman–Crippen LogP) is 4.48. The first-order valence-corrected chi connectivity index (χ1v) is 9.62.